The highest BCUT2D eigenvalue weighted by Gasteiger charge is 2.49. The molecule has 0 saturated carbocycles. The maximum absolute atomic E-state index is 12.1. The van der Waals surface area contributed by atoms with Gasteiger partial charge in [-0.05, 0) is 46.5 Å². The summed E-state index contributed by atoms with van der Waals surface area (Å²) in [5.41, 5.74) is 1.13. The van der Waals surface area contributed by atoms with Crippen LogP contribution in [0.3, 0.4) is 0 Å². The molecular formula is C16H13BrCl2N2O4. The van der Waals surface area contributed by atoms with Crippen LogP contribution in [0.2, 0.25) is 0 Å². The van der Waals surface area contributed by atoms with Crippen molar-refractivity contribution in [3.8, 4) is 0 Å². The number of rotatable bonds is 6. The van der Waals surface area contributed by atoms with Gasteiger partial charge in [-0.3, -0.25) is 10.1 Å². The first-order chi connectivity index (χ1) is 11.8. The normalized spacial score (nSPS) is 12.3. The number of alkyl carbamates (subject to hydrolysis) is 1. The van der Waals surface area contributed by atoms with E-state index in [1.165, 1.54) is 0 Å². The van der Waals surface area contributed by atoms with Gasteiger partial charge in [-0.25, -0.2) is 4.79 Å². The predicted molar refractivity (Wildman–Crippen MR) is 98.1 cm³/mol. The topological polar surface area (TPSA) is 81.5 Å². The number of hydrogen-bond acceptors (Lipinski definition) is 4. The molecule has 0 saturated heterocycles. The molecule has 132 valence electrons. The van der Waals surface area contributed by atoms with E-state index in [0.717, 1.165) is 5.56 Å². The summed E-state index contributed by atoms with van der Waals surface area (Å²) in [5.74, 6) is 0. The van der Waals surface area contributed by atoms with Crippen molar-refractivity contribution in [1.29, 1.82) is 0 Å². The first-order valence-corrected chi connectivity index (χ1v) is 8.60. The molecule has 1 amide bonds. The third-order valence-electron chi connectivity index (χ3n) is 3.25. The Labute approximate surface area is 162 Å². The number of nitrogens with zero attached hydrogens (tertiary/aromatic N) is 1. The van der Waals surface area contributed by atoms with Crippen molar-refractivity contribution >= 4 is 45.2 Å². The Balaban J connectivity index is 2.15. The second kappa shape index (κ2) is 8.51. The van der Waals surface area contributed by atoms with E-state index in [0.29, 0.717) is 10.0 Å². The smallest absolute Gasteiger partial charge is 0.408 e. The predicted octanol–water partition coefficient (Wildman–Crippen LogP) is 4.82. The van der Waals surface area contributed by atoms with Crippen molar-refractivity contribution in [1.82, 2.24) is 5.32 Å². The zero-order valence-electron chi connectivity index (χ0n) is 12.7. The van der Waals surface area contributed by atoms with E-state index in [9.17, 15) is 14.9 Å². The molecule has 0 fully saturated rings. The number of alkyl halides is 2. The first kappa shape index (κ1) is 19.5. The third-order valence-corrected chi connectivity index (χ3v) is 4.45. The molecule has 2 aromatic carbocycles. The van der Waals surface area contributed by atoms with Crippen LogP contribution in [0.1, 0.15) is 17.2 Å². The maximum atomic E-state index is 12.1. The van der Waals surface area contributed by atoms with Crippen molar-refractivity contribution in [2.24, 2.45) is 0 Å². The van der Waals surface area contributed by atoms with Crippen LogP contribution in [-0.2, 0) is 11.3 Å². The summed E-state index contributed by atoms with van der Waals surface area (Å²) in [5, 5.41) is 13.6. The molecule has 0 heterocycles. The van der Waals surface area contributed by atoms with Crippen LogP contribution in [-0.4, -0.2) is 15.5 Å². The van der Waals surface area contributed by atoms with Gasteiger partial charge in [-0.2, -0.15) is 0 Å². The molecule has 9 heteroatoms. The molecule has 25 heavy (non-hydrogen) atoms. The fraction of sp³-hybridized carbons (Fsp3) is 0.188. The third kappa shape index (κ3) is 5.32. The van der Waals surface area contributed by atoms with Gasteiger partial charge in [0.05, 0.1) is 4.92 Å². The summed E-state index contributed by atoms with van der Waals surface area (Å²) in [6.07, 6.45) is -0.874. The zero-order valence-corrected chi connectivity index (χ0v) is 15.8. The Morgan fingerprint density at radius 1 is 1.24 bits per heavy atom. The van der Waals surface area contributed by atoms with E-state index < -0.39 is 21.5 Å². The van der Waals surface area contributed by atoms with Gasteiger partial charge in [-0.15, -0.1) is 0 Å². The van der Waals surface area contributed by atoms with E-state index >= 15 is 0 Å². The maximum Gasteiger partial charge on any atom is 0.408 e. The lowest BCUT2D eigenvalue weighted by Crippen LogP contribution is -2.44. The van der Waals surface area contributed by atoms with Crippen molar-refractivity contribution in [2.45, 2.75) is 17.1 Å². The standard InChI is InChI=1S/C16H13BrCl2N2O4/c17-13-8-4-7-12(9-13)14(16(18,19)21(23)24)20-15(22)25-10-11-5-2-1-3-6-11/h1-9,14H,10H2,(H,20,22). The second-order valence-electron chi connectivity index (χ2n) is 5.04. The van der Waals surface area contributed by atoms with E-state index in [4.69, 9.17) is 27.9 Å². The largest absolute Gasteiger partial charge is 0.445 e. The number of hydrogen-bond donors (Lipinski definition) is 1. The molecule has 1 unspecified atom stereocenters. The van der Waals surface area contributed by atoms with Crippen LogP contribution in [0.15, 0.2) is 59.1 Å². The Bertz CT molecular complexity index is 759. The highest BCUT2D eigenvalue weighted by molar-refractivity contribution is 9.10. The summed E-state index contributed by atoms with van der Waals surface area (Å²) in [6.45, 7) is 0.00785. The van der Waals surface area contributed by atoms with Crippen molar-refractivity contribution in [3.05, 3.63) is 80.3 Å². The average molecular weight is 448 g/mol. The minimum atomic E-state index is -2.47. The molecule has 0 aliphatic carbocycles. The molecule has 1 atom stereocenters. The fourth-order valence-electron chi connectivity index (χ4n) is 2.04. The summed E-state index contributed by atoms with van der Waals surface area (Å²) in [7, 11) is 0. The van der Waals surface area contributed by atoms with Crippen LogP contribution >= 0.6 is 39.1 Å². The van der Waals surface area contributed by atoms with Crippen molar-refractivity contribution < 1.29 is 14.5 Å². The number of halogens is 3. The second-order valence-corrected chi connectivity index (χ2v) is 7.30. The molecule has 1 N–H and O–H groups in total. The average Bonchev–Trinajstić information content (AvgIpc) is 2.58. The Morgan fingerprint density at radius 2 is 1.92 bits per heavy atom. The summed E-state index contributed by atoms with van der Waals surface area (Å²) in [6, 6.07) is 14.2. The van der Waals surface area contributed by atoms with Gasteiger partial charge in [0, 0.05) is 4.47 Å². The summed E-state index contributed by atoms with van der Waals surface area (Å²) in [4.78, 5) is 22.4. The molecule has 0 bridgehead atoms. The number of nitrogens with one attached hydrogen (secondary N) is 1. The molecule has 0 radical (unpaired) electrons. The van der Waals surface area contributed by atoms with E-state index in [2.05, 4.69) is 21.2 Å². The molecule has 2 rings (SSSR count). The van der Waals surface area contributed by atoms with Gasteiger partial charge >= 0.3 is 10.6 Å². The van der Waals surface area contributed by atoms with E-state index in [1.807, 2.05) is 6.07 Å². The number of ether oxygens (including phenoxy) is 1. The summed E-state index contributed by atoms with van der Waals surface area (Å²) < 4.78 is 3.27. The summed E-state index contributed by atoms with van der Waals surface area (Å²) >= 11 is 15.0. The Hall–Kier alpha value is -1.83. The molecular weight excluding hydrogens is 435 g/mol. The highest BCUT2D eigenvalue weighted by Crippen LogP contribution is 2.37. The first-order valence-electron chi connectivity index (χ1n) is 7.05. The highest BCUT2D eigenvalue weighted by atomic mass is 79.9. The van der Waals surface area contributed by atoms with Gasteiger partial charge in [0.2, 0.25) is 0 Å². The molecule has 2 aromatic rings. The molecule has 0 aliphatic rings. The lowest BCUT2D eigenvalue weighted by atomic mass is 10.1. The van der Waals surface area contributed by atoms with E-state index in [1.54, 1.807) is 48.5 Å². The van der Waals surface area contributed by atoms with Crippen molar-refractivity contribution in [2.75, 3.05) is 0 Å². The number of benzene rings is 2. The van der Waals surface area contributed by atoms with Crippen LogP contribution in [0.25, 0.3) is 0 Å². The van der Waals surface area contributed by atoms with Gasteiger partial charge in [0.1, 0.15) is 6.61 Å². The minimum Gasteiger partial charge on any atom is -0.445 e. The van der Waals surface area contributed by atoms with Gasteiger partial charge < -0.3 is 10.1 Å². The lowest BCUT2D eigenvalue weighted by Gasteiger charge is -2.24. The van der Waals surface area contributed by atoms with Crippen molar-refractivity contribution in [3.63, 3.8) is 0 Å². The number of carbonyl (C=O) groups is 1. The molecule has 0 spiro atoms. The minimum absolute atomic E-state index is 0.00785. The Morgan fingerprint density at radius 3 is 2.52 bits per heavy atom. The number of carbonyl (C=O) groups excluding carboxylic acids is 1. The van der Waals surface area contributed by atoms with Crippen LogP contribution < -0.4 is 5.32 Å². The van der Waals surface area contributed by atoms with Gasteiger partial charge in [-0.1, -0.05) is 58.4 Å². The lowest BCUT2D eigenvalue weighted by molar-refractivity contribution is -0.521. The molecule has 0 aromatic heterocycles. The Kier molecular flexibility index (Phi) is 6.64. The quantitative estimate of drug-likeness (QED) is 0.297. The van der Waals surface area contributed by atoms with Gasteiger partial charge in [0.25, 0.3) is 0 Å². The fourth-order valence-corrected chi connectivity index (χ4v) is 2.82. The van der Waals surface area contributed by atoms with Crippen LogP contribution in [0.4, 0.5) is 4.79 Å². The van der Waals surface area contributed by atoms with Crippen LogP contribution in [0.5, 0.6) is 0 Å². The monoisotopic (exact) mass is 446 g/mol. The SMILES string of the molecule is O=C(NC(c1cccc(Br)c1)C(Cl)(Cl)[N+](=O)[O-])OCc1ccccc1. The van der Waals surface area contributed by atoms with E-state index in [-0.39, 0.29) is 6.61 Å². The molecule has 0 aliphatic heterocycles. The van der Waals surface area contributed by atoms with Gasteiger partial charge in [0.15, 0.2) is 6.04 Å². The van der Waals surface area contributed by atoms with Crippen LogP contribution in [0, 0.1) is 10.1 Å². The molecule has 6 nitrogen and oxygen atoms in total. The zero-order chi connectivity index (χ0) is 18.4. The number of nitro groups is 1. The number of amides is 1.